The van der Waals surface area contributed by atoms with Gasteiger partial charge in [-0.3, -0.25) is 4.79 Å². The van der Waals surface area contributed by atoms with Crippen molar-refractivity contribution in [3.63, 3.8) is 0 Å². The van der Waals surface area contributed by atoms with E-state index in [-0.39, 0.29) is 5.91 Å². The molecular formula is C20H22N2O. The van der Waals surface area contributed by atoms with Crippen LogP contribution in [0.3, 0.4) is 0 Å². The average Bonchev–Trinajstić information content (AvgIpc) is 2.60. The maximum atomic E-state index is 12.3. The first-order valence-electron chi connectivity index (χ1n) is 7.93. The number of hydrogen-bond acceptors (Lipinski definition) is 2. The molecule has 2 aromatic rings. The Labute approximate surface area is 138 Å². The van der Waals surface area contributed by atoms with Gasteiger partial charge in [-0.05, 0) is 41.7 Å². The molecule has 0 saturated heterocycles. The van der Waals surface area contributed by atoms with Crippen LogP contribution < -0.4 is 0 Å². The molecule has 0 bridgehead atoms. The summed E-state index contributed by atoms with van der Waals surface area (Å²) in [5.74, 6) is 0.118. The first kappa shape index (κ1) is 16.8. The molecule has 2 aromatic carbocycles. The number of hydrogen-bond donors (Lipinski definition) is 0. The number of rotatable bonds is 6. The van der Waals surface area contributed by atoms with Gasteiger partial charge in [-0.25, -0.2) is 0 Å². The van der Waals surface area contributed by atoms with Gasteiger partial charge in [0.05, 0.1) is 11.6 Å². The van der Waals surface area contributed by atoms with Crippen LogP contribution in [0.2, 0.25) is 0 Å². The van der Waals surface area contributed by atoms with E-state index >= 15 is 0 Å². The van der Waals surface area contributed by atoms with E-state index in [1.165, 1.54) is 11.1 Å². The van der Waals surface area contributed by atoms with Gasteiger partial charge < -0.3 is 4.90 Å². The molecule has 0 aromatic heterocycles. The van der Waals surface area contributed by atoms with Crippen LogP contribution in [-0.4, -0.2) is 17.9 Å². The minimum Gasteiger partial charge on any atom is -0.341 e. The highest BCUT2D eigenvalue weighted by atomic mass is 16.2. The van der Waals surface area contributed by atoms with E-state index in [2.05, 4.69) is 37.3 Å². The summed E-state index contributed by atoms with van der Waals surface area (Å²) >= 11 is 0. The van der Waals surface area contributed by atoms with Crippen LogP contribution in [-0.2, 0) is 24.2 Å². The van der Waals surface area contributed by atoms with Gasteiger partial charge in [0.15, 0.2) is 0 Å². The second-order valence-electron chi connectivity index (χ2n) is 5.73. The molecule has 1 amide bonds. The van der Waals surface area contributed by atoms with Crippen molar-refractivity contribution in [2.24, 2.45) is 0 Å². The monoisotopic (exact) mass is 306 g/mol. The summed E-state index contributed by atoms with van der Waals surface area (Å²) in [4.78, 5) is 14.0. The van der Waals surface area contributed by atoms with Gasteiger partial charge in [-0.15, -0.1) is 0 Å². The van der Waals surface area contributed by atoms with Crippen molar-refractivity contribution in [2.75, 3.05) is 7.05 Å². The van der Waals surface area contributed by atoms with Gasteiger partial charge in [-0.2, -0.15) is 5.26 Å². The third-order valence-electron chi connectivity index (χ3n) is 3.96. The van der Waals surface area contributed by atoms with Crippen LogP contribution >= 0.6 is 0 Å². The van der Waals surface area contributed by atoms with Crippen molar-refractivity contribution >= 4 is 5.91 Å². The summed E-state index contributed by atoms with van der Waals surface area (Å²) in [6.45, 7) is 2.66. The van der Waals surface area contributed by atoms with Crippen LogP contribution in [0.1, 0.15) is 35.6 Å². The normalized spacial score (nSPS) is 10.1. The highest BCUT2D eigenvalue weighted by Gasteiger charge is 2.10. The van der Waals surface area contributed by atoms with Crippen LogP contribution in [0.15, 0.2) is 48.5 Å². The number of aryl methyl sites for hydroxylation is 2. The summed E-state index contributed by atoms with van der Waals surface area (Å²) in [5.41, 5.74) is 4.11. The lowest BCUT2D eigenvalue weighted by Crippen LogP contribution is -2.26. The zero-order valence-electron chi connectivity index (χ0n) is 13.7. The van der Waals surface area contributed by atoms with E-state index in [1.807, 2.05) is 25.2 Å². The SMILES string of the molecule is CCc1ccc(CCC(=O)N(C)Cc2cccc(C#N)c2)cc1. The molecule has 118 valence electrons. The molecule has 23 heavy (non-hydrogen) atoms. The van der Waals surface area contributed by atoms with E-state index in [1.54, 1.807) is 11.0 Å². The van der Waals surface area contributed by atoms with E-state index in [9.17, 15) is 4.79 Å². The summed E-state index contributed by atoms with van der Waals surface area (Å²) in [7, 11) is 1.81. The minimum absolute atomic E-state index is 0.118. The van der Waals surface area contributed by atoms with Gasteiger partial charge >= 0.3 is 0 Å². The second kappa shape index (κ2) is 8.14. The maximum absolute atomic E-state index is 12.3. The predicted molar refractivity (Wildman–Crippen MR) is 91.8 cm³/mol. The fourth-order valence-electron chi connectivity index (χ4n) is 2.49. The van der Waals surface area contributed by atoms with Crippen LogP contribution in [0.4, 0.5) is 0 Å². The highest BCUT2D eigenvalue weighted by molar-refractivity contribution is 5.76. The molecule has 0 aliphatic carbocycles. The Morgan fingerprint density at radius 1 is 1.09 bits per heavy atom. The molecule has 0 spiro atoms. The molecule has 0 fully saturated rings. The zero-order chi connectivity index (χ0) is 16.7. The molecule has 0 unspecified atom stereocenters. The largest absolute Gasteiger partial charge is 0.341 e. The van der Waals surface area contributed by atoms with E-state index in [4.69, 9.17) is 5.26 Å². The van der Waals surface area contributed by atoms with Gasteiger partial charge in [0.1, 0.15) is 0 Å². The molecule has 0 heterocycles. The second-order valence-corrected chi connectivity index (χ2v) is 5.73. The van der Waals surface area contributed by atoms with Crippen molar-refractivity contribution < 1.29 is 4.79 Å². The van der Waals surface area contributed by atoms with Crippen molar-refractivity contribution in [1.29, 1.82) is 5.26 Å². The number of nitriles is 1. The molecule has 3 heteroatoms. The Balaban J connectivity index is 1.88. The molecule has 0 atom stereocenters. The molecule has 0 N–H and O–H groups in total. The average molecular weight is 306 g/mol. The number of benzene rings is 2. The molecule has 0 saturated carbocycles. The zero-order valence-corrected chi connectivity index (χ0v) is 13.7. The molecule has 0 aliphatic heterocycles. The Morgan fingerprint density at radius 2 is 1.78 bits per heavy atom. The van der Waals surface area contributed by atoms with Crippen molar-refractivity contribution in [3.05, 3.63) is 70.8 Å². The molecule has 0 radical (unpaired) electrons. The first-order valence-corrected chi connectivity index (χ1v) is 7.93. The lowest BCUT2D eigenvalue weighted by molar-refractivity contribution is -0.130. The predicted octanol–water partition coefficient (Wildman–Crippen LogP) is 3.71. The molecule has 3 nitrogen and oxygen atoms in total. The lowest BCUT2D eigenvalue weighted by Gasteiger charge is -2.17. The van der Waals surface area contributed by atoms with Gasteiger partial charge in [0.25, 0.3) is 0 Å². The van der Waals surface area contributed by atoms with Crippen LogP contribution in [0.5, 0.6) is 0 Å². The fraction of sp³-hybridized carbons (Fsp3) is 0.300. The first-order chi connectivity index (χ1) is 11.1. The van der Waals surface area contributed by atoms with Crippen LogP contribution in [0.25, 0.3) is 0 Å². The standard InChI is InChI=1S/C20H22N2O/c1-3-16-7-9-17(10-8-16)11-12-20(23)22(2)15-19-6-4-5-18(13-19)14-21/h4-10,13H,3,11-12,15H2,1-2H3. The van der Waals surface area contributed by atoms with Gasteiger partial charge in [0.2, 0.25) is 5.91 Å². The number of carbonyl (C=O) groups excluding carboxylic acids is 1. The number of amides is 1. The van der Waals surface area contributed by atoms with Crippen molar-refractivity contribution in [2.45, 2.75) is 32.7 Å². The van der Waals surface area contributed by atoms with Crippen LogP contribution in [0, 0.1) is 11.3 Å². The van der Waals surface area contributed by atoms with Gasteiger partial charge in [0, 0.05) is 20.0 Å². The molecule has 0 aliphatic rings. The highest BCUT2D eigenvalue weighted by Crippen LogP contribution is 2.11. The summed E-state index contributed by atoms with van der Waals surface area (Å²) in [6.07, 6.45) is 2.29. The summed E-state index contributed by atoms with van der Waals surface area (Å²) in [6, 6.07) is 17.9. The van der Waals surface area contributed by atoms with Crippen molar-refractivity contribution in [1.82, 2.24) is 4.90 Å². The van der Waals surface area contributed by atoms with E-state index in [0.29, 0.717) is 18.5 Å². The number of carbonyl (C=O) groups is 1. The molecular weight excluding hydrogens is 284 g/mol. The Morgan fingerprint density at radius 3 is 2.43 bits per heavy atom. The van der Waals surface area contributed by atoms with Gasteiger partial charge in [-0.1, -0.05) is 43.3 Å². The Kier molecular flexibility index (Phi) is 5.94. The quantitative estimate of drug-likeness (QED) is 0.816. The smallest absolute Gasteiger partial charge is 0.222 e. The Bertz CT molecular complexity index is 698. The topological polar surface area (TPSA) is 44.1 Å². The van der Waals surface area contributed by atoms with E-state index in [0.717, 1.165) is 18.4 Å². The maximum Gasteiger partial charge on any atom is 0.222 e. The summed E-state index contributed by atoms with van der Waals surface area (Å²) in [5, 5.41) is 8.92. The third-order valence-corrected chi connectivity index (χ3v) is 3.96. The molecule has 2 rings (SSSR count). The van der Waals surface area contributed by atoms with E-state index < -0.39 is 0 Å². The lowest BCUT2D eigenvalue weighted by atomic mass is 10.1. The summed E-state index contributed by atoms with van der Waals surface area (Å²) < 4.78 is 0. The number of nitrogens with zero attached hydrogens (tertiary/aromatic N) is 2. The fourth-order valence-corrected chi connectivity index (χ4v) is 2.49. The Hall–Kier alpha value is -2.60. The minimum atomic E-state index is 0.118. The third kappa shape index (κ3) is 4.96. The van der Waals surface area contributed by atoms with Crippen molar-refractivity contribution in [3.8, 4) is 6.07 Å².